The standard InChI is InChI=1S/C25H50N2/c1-18(2)15-20(5)26-24-11-7-22(8-12-24)17-23-9-13-25(14-10-23)27-21(6)16-19(3)4/h18-27H,7-17H2,1-6H3. The highest BCUT2D eigenvalue weighted by atomic mass is 14.9. The zero-order valence-electron chi connectivity index (χ0n) is 19.4. The normalized spacial score (nSPS) is 32.0. The van der Waals surface area contributed by atoms with E-state index in [9.17, 15) is 0 Å². The highest BCUT2D eigenvalue weighted by Crippen LogP contribution is 2.35. The van der Waals surface area contributed by atoms with Crippen LogP contribution in [-0.4, -0.2) is 24.2 Å². The quantitative estimate of drug-likeness (QED) is 0.451. The Hall–Kier alpha value is -0.0800. The Kier molecular flexibility index (Phi) is 10.1. The largest absolute Gasteiger partial charge is 0.311 e. The molecule has 0 aromatic heterocycles. The maximum atomic E-state index is 3.90. The molecule has 2 saturated carbocycles. The van der Waals surface area contributed by atoms with Gasteiger partial charge >= 0.3 is 0 Å². The van der Waals surface area contributed by atoms with Crippen LogP contribution in [0.2, 0.25) is 0 Å². The molecule has 0 spiro atoms. The van der Waals surface area contributed by atoms with Crippen molar-refractivity contribution in [1.29, 1.82) is 0 Å². The molecule has 2 atom stereocenters. The molecule has 2 aliphatic carbocycles. The van der Waals surface area contributed by atoms with Crippen molar-refractivity contribution in [2.45, 2.75) is 136 Å². The summed E-state index contributed by atoms with van der Waals surface area (Å²) in [5, 5.41) is 7.81. The van der Waals surface area contributed by atoms with Gasteiger partial charge in [0.25, 0.3) is 0 Å². The molecule has 2 N–H and O–H groups in total. The van der Waals surface area contributed by atoms with Crippen LogP contribution in [0.3, 0.4) is 0 Å². The Balaban J connectivity index is 1.59. The third-order valence-corrected chi connectivity index (χ3v) is 7.05. The van der Waals surface area contributed by atoms with Crippen molar-refractivity contribution in [3.8, 4) is 0 Å². The fraction of sp³-hybridized carbons (Fsp3) is 1.00. The van der Waals surface area contributed by atoms with Gasteiger partial charge in [-0.2, -0.15) is 0 Å². The lowest BCUT2D eigenvalue weighted by molar-refractivity contribution is 0.196. The van der Waals surface area contributed by atoms with Crippen molar-refractivity contribution < 1.29 is 0 Å². The van der Waals surface area contributed by atoms with Crippen LogP contribution in [0, 0.1) is 23.7 Å². The van der Waals surface area contributed by atoms with E-state index in [1.165, 1.54) is 70.6 Å². The molecule has 160 valence electrons. The first-order valence-corrected chi connectivity index (χ1v) is 12.3. The molecule has 2 heteroatoms. The molecule has 2 nitrogen and oxygen atoms in total. The van der Waals surface area contributed by atoms with Gasteiger partial charge in [0.05, 0.1) is 0 Å². The highest BCUT2D eigenvalue weighted by Gasteiger charge is 2.27. The Morgan fingerprint density at radius 3 is 1.19 bits per heavy atom. The summed E-state index contributed by atoms with van der Waals surface area (Å²) >= 11 is 0. The molecular formula is C25H50N2. The van der Waals surface area contributed by atoms with Crippen LogP contribution >= 0.6 is 0 Å². The van der Waals surface area contributed by atoms with Gasteiger partial charge in [-0.3, -0.25) is 0 Å². The summed E-state index contributed by atoms with van der Waals surface area (Å²) in [4.78, 5) is 0. The van der Waals surface area contributed by atoms with Crippen LogP contribution in [0.4, 0.5) is 0 Å². The molecule has 0 saturated heterocycles. The van der Waals surface area contributed by atoms with E-state index in [0.29, 0.717) is 12.1 Å². The van der Waals surface area contributed by atoms with Gasteiger partial charge in [-0.1, -0.05) is 27.7 Å². The zero-order chi connectivity index (χ0) is 19.8. The highest BCUT2D eigenvalue weighted by molar-refractivity contribution is 4.84. The minimum Gasteiger partial charge on any atom is -0.311 e. The lowest BCUT2D eigenvalue weighted by Crippen LogP contribution is -2.40. The maximum absolute atomic E-state index is 3.90. The van der Waals surface area contributed by atoms with Crippen molar-refractivity contribution in [2.75, 3.05) is 0 Å². The third-order valence-electron chi connectivity index (χ3n) is 7.05. The van der Waals surface area contributed by atoms with E-state index in [0.717, 1.165) is 35.8 Å². The van der Waals surface area contributed by atoms with Crippen LogP contribution in [0.5, 0.6) is 0 Å². The fourth-order valence-corrected chi connectivity index (χ4v) is 5.96. The molecule has 0 aromatic carbocycles. The van der Waals surface area contributed by atoms with Gasteiger partial charge < -0.3 is 10.6 Å². The number of nitrogens with one attached hydrogen (secondary N) is 2. The van der Waals surface area contributed by atoms with E-state index < -0.39 is 0 Å². The Bertz CT molecular complexity index is 340. The molecule has 27 heavy (non-hydrogen) atoms. The number of hydrogen-bond donors (Lipinski definition) is 2. The van der Waals surface area contributed by atoms with Crippen molar-refractivity contribution in [3.63, 3.8) is 0 Å². The fourth-order valence-electron chi connectivity index (χ4n) is 5.96. The van der Waals surface area contributed by atoms with Gasteiger partial charge in [0.1, 0.15) is 0 Å². The molecule has 2 unspecified atom stereocenters. The minimum absolute atomic E-state index is 0.687. The van der Waals surface area contributed by atoms with Crippen molar-refractivity contribution >= 4 is 0 Å². The molecule has 0 bridgehead atoms. The predicted molar refractivity (Wildman–Crippen MR) is 120 cm³/mol. The molecule has 0 amide bonds. The molecule has 0 aromatic rings. The van der Waals surface area contributed by atoms with E-state index in [2.05, 4.69) is 52.2 Å². The van der Waals surface area contributed by atoms with Crippen LogP contribution in [0.25, 0.3) is 0 Å². The first kappa shape index (κ1) is 23.2. The first-order valence-electron chi connectivity index (χ1n) is 12.3. The van der Waals surface area contributed by atoms with Crippen LogP contribution < -0.4 is 10.6 Å². The van der Waals surface area contributed by atoms with Crippen LogP contribution in [0.15, 0.2) is 0 Å². The molecule has 0 aliphatic heterocycles. The summed E-state index contributed by atoms with van der Waals surface area (Å²) < 4.78 is 0. The van der Waals surface area contributed by atoms with Crippen molar-refractivity contribution in [1.82, 2.24) is 10.6 Å². The van der Waals surface area contributed by atoms with Gasteiger partial charge in [0.2, 0.25) is 0 Å². The Morgan fingerprint density at radius 1 is 0.556 bits per heavy atom. The summed E-state index contributed by atoms with van der Waals surface area (Å²) in [6.45, 7) is 14.1. The van der Waals surface area contributed by atoms with E-state index in [4.69, 9.17) is 0 Å². The average molecular weight is 379 g/mol. The van der Waals surface area contributed by atoms with Crippen molar-refractivity contribution in [3.05, 3.63) is 0 Å². The Morgan fingerprint density at radius 2 is 0.889 bits per heavy atom. The number of rotatable bonds is 10. The SMILES string of the molecule is CC(C)CC(C)NC1CCC(CC2CCC(NC(C)CC(C)C)CC2)CC1. The van der Waals surface area contributed by atoms with Gasteiger partial charge in [0, 0.05) is 24.2 Å². The van der Waals surface area contributed by atoms with Crippen molar-refractivity contribution in [2.24, 2.45) is 23.7 Å². The van der Waals surface area contributed by atoms with Gasteiger partial charge in [-0.25, -0.2) is 0 Å². The van der Waals surface area contributed by atoms with Gasteiger partial charge in [-0.05, 0) is 108 Å². The summed E-state index contributed by atoms with van der Waals surface area (Å²) in [5.74, 6) is 3.64. The maximum Gasteiger partial charge on any atom is 0.00697 e. The van der Waals surface area contributed by atoms with E-state index in [1.54, 1.807) is 0 Å². The molecular weight excluding hydrogens is 328 g/mol. The summed E-state index contributed by atoms with van der Waals surface area (Å²) in [6.07, 6.45) is 15.7. The lowest BCUT2D eigenvalue weighted by Gasteiger charge is -2.36. The molecule has 2 rings (SSSR count). The average Bonchev–Trinajstić information content (AvgIpc) is 2.57. The monoisotopic (exact) mass is 378 g/mol. The molecule has 0 radical (unpaired) electrons. The topological polar surface area (TPSA) is 24.1 Å². The predicted octanol–water partition coefficient (Wildman–Crippen LogP) is 6.54. The molecule has 2 aliphatic rings. The smallest absolute Gasteiger partial charge is 0.00697 e. The molecule has 0 heterocycles. The van der Waals surface area contributed by atoms with E-state index in [-0.39, 0.29) is 0 Å². The Labute approximate surface area is 171 Å². The molecule has 2 fully saturated rings. The van der Waals surface area contributed by atoms with Crippen LogP contribution in [-0.2, 0) is 0 Å². The lowest BCUT2D eigenvalue weighted by atomic mass is 9.75. The number of hydrogen-bond acceptors (Lipinski definition) is 2. The zero-order valence-corrected chi connectivity index (χ0v) is 19.4. The second kappa shape index (κ2) is 11.8. The van der Waals surface area contributed by atoms with Crippen LogP contribution in [0.1, 0.15) is 112 Å². The summed E-state index contributed by atoms with van der Waals surface area (Å²) in [6, 6.07) is 2.95. The van der Waals surface area contributed by atoms with Gasteiger partial charge in [0.15, 0.2) is 0 Å². The second-order valence-corrected chi connectivity index (χ2v) is 11.1. The van der Waals surface area contributed by atoms with Gasteiger partial charge in [-0.15, -0.1) is 0 Å². The first-order chi connectivity index (χ1) is 12.8. The summed E-state index contributed by atoms with van der Waals surface area (Å²) in [7, 11) is 0. The van der Waals surface area contributed by atoms with E-state index >= 15 is 0 Å². The summed E-state index contributed by atoms with van der Waals surface area (Å²) in [5.41, 5.74) is 0. The minimum atomic E-state index is 0.687. The second-order valence-electron chi connectivity index (χ2n) is 11.1. The third kappa shape index (κ3) is 9.31. The van der Waals surface area contributed by atoms with E-state index in [1.807, 2.05) is 0 Å².